The van der Waals surface area contributed by atoms with E-state index >= 15 is 0 Å². The molecule has 1 aromatic heterocycles. The number of carbonyl (C=O) groups excluding carboxylic acids is 1. The summed E-state index contributed by atoms with van der Waals surface area (Å²) in [5, 5.41) is 0.783. The molecule has 3 nitrogen and oxygen atoms in total. The molecule has 21 heavy (non-hydrogen) atoms. The van der Waals surface area contributed by atoms with Crippen molar-refractivity contribution >= 4 is 16.7 Å². The van der Waals surface area contributed by atoms with E-state index in [0.717, 1.165) is 10.9 Å². The molecule has 0 aliphatic rings. The second-order valence-electron chi connectivity index (χ2n) is 4.82. The van der Waals surface area contributed by atoms with E-state index in [1.165, 1.54) is 19.2 Å². The quantitative estimate of drug-likeness (QED) is 0.742. The fraction of sp³-hybridized carbons (Fsp3) is 0.118. The second kappa shape index (κ2) is 5.05. The van der Waals surface area contributed by atoms with E-state index in [2.05, 4.69) is 4.98 Å². The molecule has 0 amide bonds. The fourth-order valence-corrected chi connectivity index (χ4v) is 2.59. The van der Waals surface area contributed by atoms with Crippen LogP contribution in [0.15, 0.2) is 42.5 Å². The maximum Gasteiger partial charge on any atom is 0.202 e. The van der Waals surface area contributed by atoms with Gasteiger partial charge in [0.05, 0.1) is 12.7 Å². The van der Waals surface area contributed by atoms with Gasteiger partial charge in [0.25, 0.3) is 0 Å². The molecule has 0 atom stereocenters. The van der Waals surface area contributed by atoms with Crippen LogP contribution in [0.5, 0.6) is 5.75 Å². The number of ether oxygens (including phenoxy) is 1. The summed E-state index contributed by atoms with van der Waals surface area (Å²) in [4.78, 5) is 16.0. The topological polar surface area (TPSA) is 42.1 Å². The summed E-state index contributed by atoms with van der Waals surface area (Å²) in [6, 6.07) is 11.8. The van der Waals surface area contributed by atoms with Gasteiger partial charge in [-0.25, -0.2) is 4.39 Å². The van der Waals surface area contributed by atoms with Crippen molar-refractivity contribution in [3.63, 3.8) is 0 Å². The molecule has 2 aromatic carbocycles. The summed E-state index contributed by atoms with van der Waals surface area (Å²) in [5.74, 6) is -0.714. The van der Waals surface area contributed by atoms with Crippen LogP contribution < -0.4 is 4.74 Å². The molecule has 1 N–H and O–H groups in total. The zero-order chi connectivity index (χ0) is 15.0. The normalized spacial score (nSPS) is 10.8. The third kappa shape index (κ3) is 2.09. The first-order valence-electron chi connectivity index (χ1n) is 6.58. The number of H-pyrrole nitrogens is 1. The van der Waals surface area contributed by atoms with E-state index < -0.39 is 5.82 Å². The van der Waals surface area contributed by atoms with Gasteiger partial charge < -0.3 is 9.72 Å². The highest BCUT2D eigenvalue weighted by atomic mass is 19.1. The standard InChI is InChI=1S/C17H14FNO2/c1-10-15(11-6-3-4-8-13(11)19-10)17(20)16-12(18)7-5-9-14(16)21-2/h3-9,19H,1-2H3. The van der Waals surface area contributed by atoms with Crippen molar-refractivity contribution in [2.75, 3.05) is 7.11 Å². The molecule has 0 saturated carbocycles. The number of benzene rings is 2. The zero-order valence-corrected chi connectivity index (χ0v) is 11.7. The molecule has 0 spiro atoms. The number of hydrogen-bond acceptors (Lipinski definition) is 2. The Bertz CT molecular complexity index is 836. The van der Waals surface area contributed by atoms with Gasteiger partial charge in [0, 0.05) is 16.6 Å². The minimum atomic E-state index is -0.580. The van der Waals surface area contributed by atoms with Gasteiger partial charge >= 0.3 is 0 Å². The van der Waals surface area contributed by atoms with Crippen LogP contribution in [0, 0.1) is 12.7 Å². The molecule has 3 rings (SSSR count). The monoisotopic (exact) mass is 283 g/mol. The third-order valence-electron chi connectivity index (χ3n) is 3.54. The number of rotatable bonds is 3. The van der Waals surface area contributed by atoms with Gasteiger partial charge in [-0.3, -0.25) is 4.79 Å². The fourth-order valence-electron chi connectivity index (χ4n) is 2.59. The molecule has 0 bridgehead atoms. The van der Waals surface area contributed by atoms with Crippen molar-refractivity contribution in [3.8, 4) is 5.75 Å². The van der Waals surface area contributed by atoms with Gasteiger partial charge in [0.1, 0.15) is 17.1 Å². The molecule has 3 aromatic rings. The second-order valence-corrected chi connectivity index (χ2v) is 4.82. The number of aromatic nitrogens is 1. The lowest BCUT2D eigenvalue weighted by Gasteiger charge is -2.08. The van der Waals surface area contributed by atoms with E-state index in [4.69, 9.17) is 4.74 Å². The van der Waals surface area contributed by atoms with Crippen molar-refractivity contribution in [1.29, 1.82) is 0 Å². The van der Waals surface area contributed by atoms with Crippen LogP contribution in [-0.4, -0.2) is 17.9 Å². The highest BCUT2D eigenvalue weighted by Crippen LogP contribution is 2.29. The molecule has 0 radical (unpaired) electrons. The molecular formula is C17H14FNO2. The zero-order valence-electron chi connectivity index (χ0n) is 11.7. The van der Waals surface area contributed by atoms with Crippen LogP contribution in [0.3, 0.4) is 0 Å². The third-order valence-corrected chi connectivity index (χ3v) is 3.54. The van der Waals surface area contributed by atoms with Gasteiger partial charge in [0.15, 0.2) is 0 Å². The number of ketones is 1. The Hall–Kier alpha value is -2.62. The Morgan fingerprint density at radius 2 is 1.86 bits per heavy atom. The van der Waals surface area contributed by atoms with Crippen molar-refractivity contribution in [1.82, 2.24) is 4.98 Å². The molecule has 0 unspecified atom stereocenters. The Balaban J connectivity index is 2.25. The van der Waals surface area contributed by atoms with Crippen molar-refractivity contribution in [2.45, 2.75) is 6.92 Å². The maximum atomic E-state index is 14.1. The van der Waals surface area contributed by atoms with Crippen LogP contribution >= 0.6 is 0 Å². The van der Waals surface area contributed by atoms with E-state index in [1.807, 2.05) is 24.3 Å². The summed E-state index contributed by atoms with van der Waals surface area (Å²) < 4.78 is 19.2. The largest absolute Gasteiger partial charge is 0.496 e. The summed E-state index contributed by atoms with van der Waals surface area (Å²) in [6.07, 6.45) is 0. The molecule has 0 fully saturated rings. The van der Waals surface area contributed by atoms with Crippen LogP contribution in [0.2, 0.25) is 0 Å². The first-order chi connectivity index (χ1) is 10.1. The van der Waals surface area contributed by atoms with Gasteiger partial charge in [0.2, 0.25) is 5.78 Å². The minimum Gasteiger partial charge on any atom is -0.496 e. The average molecular weight is 283 g/mol. The van der Waals surface area contributed by atoms with Gasteiger partial charge in [-0.1, -0.05) is 24.3 Å². The van der Waals surface area contributed by atoms with E-state index in [-0.39, 0.29) is 17.1 Å². The number of aromatic amines is 1. The van der Waals surface area contributed by atoms with Gasteiger partial charge in [-0.15, -0.1) is 0 Å². The van der Waals surface area contributed by atoms with Gasteiger partial charge in [-0.2, -0.15) is 0 Å². The number of para-hydroxylation sites is 1. The molecule has 0 aliphatic heterocycles. The van der Waals surface area contributed by atoms with Crippen LogP contribution in [0.25, 0.3) is 10.9 Å². The van der Waals surface area contributed by atoms with Crippen LogP contribution in [0.1, 0.15) is 21.6 Å². The molecule has 106 valence electrons. The number of fused-ring (bicyclic) bond motifs is 1. The number of carbonyl (C=O) groups is 1. The van der Waals surface area contributed by atoms with Crippen molar-refractivity contribution in [3.05, 3.63) is 65.1 Å². The number of aryl methyl sites for hydroxylation is 1. The Labute approximate surface area is 121 Å². The molecule has 0 saturated heterocycles. The number of methoxy groups -OCH3 is 1. The molecule has 1 heterocycles. The lowest BCUT2D eigenvalue weighted by Crippen LogP contribution is -2.07. The van der Waals surface area contributed by atoms with Crippen molar-refractivity contribution in [2.24, 2.45) is 0 Å². The maximum absolute atomic E-state index is 14.1. The number of halogens is 1. The molecule has 4 heteroatoms. The van der Waals surface area contributed by atoms with Gasteiger partial charge in [-0.05, 0) is 25.1 Å². The smallest absolute Gasteiger partial charge is 0.202 e. The summed E-state index contributed by atoms with van der Waals surface area (Å²) in [5.41, 5.74) is 2.02. The summed E-state index contributed by atoms with van der Waals surface area (Å²) >= 11 is 0. The number of hydrogen-bond donors (Lipinski definition) is 1. The lowest BCUT2D eigenvalue weighted by atomic mass is 9.99. The van der Waals surface area contributed by atoms with E-state index in [9.17, 15) is 9.18 Å². The predicted molar refractivity (Wildman–Crippen MR) is 79.4 cm³/mol. The Morgan fingerprint density at radius 3 is 2.62 bits per heavy atom. The van der Waals surface area contributed by atoms with E-state index in [1.54, 1.807) is 13.0 Å². The SMILES string of the molecule is COc1cccc(F)c1C(=O)c1c(C)[nH]c2ccccc12. The highest BCUT2D eigenvalue weighted by molar-refractivity contribution is 6.18. The molecule has 0 aliphatic carbocycles. The Morgan fingerprint density at radius 1 is 1.10 bits per heavy atom. The van der Waals surface area contributed by atoms with E-state index in [0.29, 0.717) is 11.3 Å². The van der Waals surface area contributed by atoms with Crippen LogP contribution in [-0.2, 0) is 0 Å². The summed E-state index contributed by atoms with van der Waals surface area (Å²) in [7, 11) is 1.42. The lowest BCUT2D eigenvalue weighted by molar-refractivity contribution is 0.103. The van der Waals surface area contributed by atoms with Crippen molar-refractivity contribution < 1.29 is 13.9 Å². The minimum absolute atomic E-state index is 0.0344. The van der Waals surface area contributed by atoms with Crippen LogP contribution in [0.4, 0.5) is 4.39 Å². The summed E-state index contributed by atoms with van der Waals surface area (Å²) in [6.45, 7) is 1.81. The Kier molecular flexibility index (Phi) is 3.22. The predicted octanol–water partition coefficient (Wildman–Crippen LogP) is 3.86. The molecular weight excluding hydrogens is 269 g/mol. The first kappa shape index (κ1) is 13.4. The highest BCUT2D eigenvalue weighted by Gasteiger charge is 2.23. The average Bonchev–Trinajstić information content (AvgIpc) is 2.82. The first-order valence-corrected chi connectivity index (χ1v) is 6.58. The number of nitrogens with one attached hydrogen (secondary N) is 1.